The summed E-state index contributed by atoms with van der Waals surface area (Å²) >= 11 is 0. The van der Waals surface area contributed by atoms with Crippen molar-refractivity contribution in [3.05, 3.63) is 0 Å². The number of aliphatic hydroxyl groups excluding tert-OH is 1. The van der Waals surface area contributed by atoms with Crippen LogP contribution in [0.5, 0.6) is 0 Å². The lowest BCUT2D eigenvalue weighted by Gasteiger charge is -2.26. The van der Waals surface area contributed by atoms with E-state index in [-0.39, 0.29) is 31.0 Å². The second-order valence-electron chi connectivity index (χ2n) is 6.04. The van der Waals surface area contributed by atoms with E-state index in [0.29, 0.717) is 12.5 Å². The van der Waals surface area contributed by atoms with E-state index in [2.05, 4.69) is 5.32 Å². The van der Waals surface area contributed by atoms with Crippen LogP contribution in [0.15, 0.2) is 0 Å². The highest BCUT2D eigenvalue weighted by Gasteiger charge is 2.34. The van der Waals surface area contributed by atoms with E-state index in [1.54, 1.807) is 25.7 Å². The van der Waals surface area contributed by atoms with Gasteiger partial charge in [0, 0.05) is 12.0 Å². The Balaban J connectivity index is 2.49. The molecule has 0 aromatic carbocycles. The van der Waals surface area contributed by atoms with Gasteiger partial charge >= 0.3 is 0 Å². The first kappa shape index (κ1) is 15.0. The fraction of sp³-hybridized carbons (Fsp3) is 0.846. The number of aliphatic hydroxyl groups is 1. The predicted molar refractivity (Wildman–Crippen MR) is 68.8 cm³/mol. The van der Waals surface area contributed by atoms with Crippen molar-refractivity contribution >= 4 is 11.8 Å². The predicted octanol–water partition coefficient (Wildman–Crippen LogP) is 0.378. The van der Waals surface area contributed by atoms with Crippen molar-refractivity contribution in [3.8, 4) is 0 Å². The summed E-state index contributed by atoms with van der Waals surface area (Å²) in [6.07, 6.45) is 0.907. The zero-order valence-electron chi connectivity index (χ0n) is 11.7. The van der Waals surface area contributed by atoms with Crippen LogP contribution >= 0.6 is 0 Å². The molecule has 0 saturated carbocycles. The summed E-state index contributed by atoms with van der Waals surface area (Å²) in [4.78, 5) is 25.3. The Morgan fingerprint density at radius 1 is 1.39 bits per heavy atom. The van der Waals surface area contributed by atoms with Crippen molar-refractivity contribution in [3.63, 3.8) is 0 Å². The zero-order valence-corrected chi connectivity index (χ0v) is 11.7. The van der Waals surface area contributed by atoms with Gasteiger partial charge in [-0.15, -0.1) is 0 Å². The molecule has 104 valence electrons. The molecule has 0 bridgehead atoms. The molecule has 18 heavy (non-hydrogen) atoms. The van der Waals surface area contributed by atoms with Crippen LogP contribution in [0.25, 0.3) is 0 Å². The lowest BCUT2D eigenvalue weighted by Crippen LogP contribution is -2.46. The molecule has 0 aliphatic carbocycles. The summed E-state index contributed by atoms with van der Waals surface area (Å²) in [6, 6.07) is -0.107. The van der Waals surface area contributed by atoms with Gasteiger partial charge in [0.1, 0.15) is 0 Å². The van der Waals surface area contributed by atoms with Crippen molar-refractivity contribution in [1.82, 2.24) is 10.2 Å². The molecule has 2 amide bonds. The number of nitrogens with zero attached hydrogens (tertiary/aromatic N) is 1. The van der Waals surface area contributed by atoms with Crippen molar-refractivity contribution in [2.45, 2.75) is 40.2 Å². The second-order valence-corrected chi connectivity index (χ2v) is 6.04. The Morgan fingerprint density at radius 3 is 2.50 bits per heavy atom. The highest BCUT2D eigenvalue weighted by Crippen LogP contribution is 2.23. The molecule has 1 aliphatic rings. The molecule has 2 N–H and O–H groups in total. The summed E-state index contributed by atoms with van der Waals surface area (Å²) < 4.78 is 0. The largest absolute Gasteiger partial charge is 0.394 e. The lowest BCUT2D eigenvalue weighted by molar-refractivity contribution is -0.136. The van der Waals surface area contributed by atoms with Crippen LogP contribution < -0.4 is 5.32 Å². The van der Waals surface area contributed by atoms with Gasteiger partial charge in [0.05, 0.1) is 19.2 Å². The third-order valence-electron chi connectivity index (χ3n) is 3.47. The lowest BCUT2D eigenvalue weighted by atomic mass is 9.96. The van der Waals surface area contributed by atoms with Crippen molar-refractivity contribution in [2.24, 2.45) is 11.3 Å². The van der Waals surface area contributed by atoms with Gasteiger partial charge in [-0.2, -0.15) is 0 Å². The van der Waals surface area contributed by atoms with E-state index >= 15 is 0 Å². The quantitative estimate of drug-likeness (QED) is 0.767. The Hall–Kier alpha value is -1.10. The van der Waals surface area contributed by atoms with Gasteiger partial charge in [-0.05, 0) is 12.3 Å². The minimum Gasteiger partial charge on any atom is -0.394 e. The standard InChI is InChI=1S/C13H24N2O3/c1-9-5-6-15(10(9)8-16)11(17)7-14-12(18)13(2,3)4/h9-10,16H,5-8H2,1-4H3,(H,14,18). The zero-order chi connectivity index (χ0) is 13.9. The smallest absolute Gasteiger partial charge is 0.242 e. The summed E-state index contributed by atoms with van der Waals surface area (Å²) in [5.41, 5.74) is -0.491. The molecular formula is C13H24N2O3. The highest BCUT2D eigenvalue weighted by molar-refractivity contribution is 5.87. The van der Waals surface area contributed by atoms with Gasteiger partial charge in [0.25, 0.3) is 0 Å². The molecule has 5 heteroatoms. The summed E-state index contributed by atoms with van der Waals surface area (Å²) in [5, 5.41) is 11.9. The van der Waals surface area contributed by atoms with Gasteiger partial charge in [-0.3, -0.25) is 9.59 Å². The molecule has 0 aromatic rings. The van der Waals surface area contributed by atoms with Crippen molar-refractivity contribution in [2.75, 3.05) is 19.7 Å². The monoisotopic (exact) mass is 256 g/mol. The molecule has 1 aliphatic heterocycles. The van der Waals surface area contributed by atoms with E-state index in [0.717, 1.165) is 6.42 Å². The maximum atomic E-state index is 12.0. The van der Waals surface area contributed by atoms with Crippen LogP contribution in [0.3, 0.4) is 0 Å². The first-order chi connectivity index (χ1) is 8.27. The number of hydrogen-bond acceptors (Lipinski definition) is 3. The summed E-state index contributed by atoms with van der Waals surface area (Å²) in [6.45, 7) is 8.11. The van der Waals surface area contributed by atoms with Crippen LogP contribution in [-0.4, -0.2) is 47.6 Å². The first-order valence-electron chi connectivity index (χ1n) is 6.46. The van der Waals surface area contributed by atoms with Gasteiger partial charge in [-0.1, -0.05) is 27.7 Å². The van der Waals surface area contributed by atoms with Crippen molar-refractivity contribution in [1.29, 1.82) is 0 Å². The van der Waals surface area contributed by atoms with E-state index in [9.17, 15) is 14.7 Å². The maximum Gasteiger partial charge on any atom is 0.242 e. The van der Waals surface area contributed by atoms with Gasteiger partial charge in [0.2, 0.25) is 11.8 Å². The molecule has 2 atom stereocenters. The third kappa shape index (κ3) is 3.45. The average molecular weight is 256 g/mol. The van der Waals surface area contributed by atoms with E-state index in [4.69, 9.17) is 0 Å². The minimum atomic E-state index is -0.491. The fourth-order valence-electron chi connectivity index (χ4n) is 2.12. The Kier molecular flexibility index (Phi) is 4.73. The Morgan fingerprint density at radius 2 is 2.00 bits per heavy atom. The van der Waals surface area contributed by atoms with Crippen LogP contribution in [0, 0.1) is 11.3 Å². The van der Waals surface area contributed by atoms with Crippen LogP contribution in [-0.2, 0) is 9.59 Å². The molecule has 0 spiro atoms. The number of nitrogens with one attached hydrogen (secondary N) is 1. The van der Waals surface area contributed by atoms with E-state index in [1.165, 1.54) is 0 Å². The minimum absolute atomic E-state index is 0.0132. The first-order valence-corrected chi connectivity index (χ1v) is 6.46. The van der Waals surface area contributed by atoms with E-state index < -0.39 is 5.41 Å². The maximum absolute atomic E-state index is 12.0. The third-order valence-corrected chi connectivity index (χ3v) is 3.47. The van der Waals surface area contributed by atoms with E-state index in [1.807, 2.05) is 6.92 Å². The molecule has 1 fully saturated rings. The number of carbonyl (C=O) groups is 2. The molecule has 5 nitrogen and oxygen atoms in total. The topological polar surface area (TPSA) is 69.6 Å². The van der Waals surface area contributed by atoms with Crippen LogP contribution in [0.2, 0.25) is 0 Å². The summed E-state index contributed by atoms with van der Waals surface area (Å²) in [7, 11) is 0. The van der Waals surface area contributed by atoms with Gasteiger partial charge in [-0.25, -0.2) is 0 Å². The second kappa shape index (κ2) is 5.69. The molecule has 0 aromatic heterocycles. The highest BCUT2D eigenvalue weighted by atomic mass is 16.3. The number of carbonyl (C=O) groups excluding carboxylic acids is 2. The number of hydrogen-bond donors (Lipinski definition) is 2. The fourth-order valence-corrected chi connectivity index (χ4v) is 2.12. The van der Waals surface area contributed by atoms with Gasteiger partial charge < -0.3 is 15.3 Å². The molecular weight excluding hydrogens is 232 g/mol. The molecule has 1 heterocycles. The van der Waals surface area contributed by atoms with Crippen molar-refractivity contribution < 1.29 is 14.7 Å². The van der Waals surface area contributed by atoms with Crippen LogP contribution in [0.1, 0.15) is 34.1 Å². The van der Waals surface area contributed by atoms with Crippen LogP contribution in [0.4, 0.5) is 0 Å². The molecule has 1 saturated heterocycles. The number of rotatable bonds is 3. The SMILES string of the molecule is CC1CCN(C(=O)CNC(=O)C(C)(C)C)C1CO. The molecule has 2 unspecified atom stereocenters. The van der Waals surface area contributed by atoms with Gasteiger partial charge in [0.15, 0.2) is 0 Å². The Labute approximate surface area is 109 Å². The normalized spacial score (nSPS) is 24.2. The number of likely N-dealkylation sites (tertiary alicyclic amines) is 1. The summed E-state index contributed by atoms with van der Waals surface area (Å²) in [5.74, 6) is 0.0666. The molecule has 1 rings (SSSR count). The molecule has 0 radical (unpaired) electrons. The number of amides is 2. The average Bonchev–Trinajstić information content (AvgIpc) is 2.65. The Bertz CT molecular complexity index is 323.